The topological polar surface area (TPSA) is 73.9 Å². The van der Waals surface area contributed by atoms with Crippen molar-refractivity contribution in [2.24, 2.45) is 5.41 Å². The number of nitrogens with one attached hydrogen (secondary N) is 1. The number of hydrogen-bond acceptors (Lipinski definition) is 6. The van der Waals surface area contributed by atoms with Crippen LogP contribution in [0.5, 0.6) is 5.75 Å². The highest BCUT2D eigenvalue weighted by Crippen LogP contribution is 2.36. The van der Waals surface area contributed by atoms with Gasteiger partial charge in [-0.1, -0.05) is 12.1 Å². The van der Waals surface area contributed by atoms with E-state index >= 15 is 0 Å². The highest BCUT2D eigenvalue weighted by atomic mass is 19.4. The molecule has 0 aliphatic carbocycles. The fourth-order valence-electron chi connectivity index (χ4n) is 3.06. The van der Waals surface area contributed by atoms with Gasteiger partial charge in [-0.3, -0.25) is 4.79 Å². The molecule has 1 fully saturated rings. The van der Waals surface area contributed by atoms with Crippen LogP contribution < -0.4 is 10.1 Å². The van der Waals surface area contributed by atoms with E-state index in [9.17, 15) is 22.8 Å². The maximum Gasteiger partial charge on any atom is 0.573 e. The van der Waals surface area contributed by atoms with E-state index in [0.717, 1.165) is 0 Å². The Kier molecular flexibility index (Phi) is 6.59. The van der Waals surface area contributed by atoms with Crippen LogP contribution in [0.25, 0.3) is 0 Å². The number of halogens is 3. The molecule has 1 aliphatic rings. The first-order valence-corrected chi connectivity index (χ1v) is 8.89. The number of carbonyl (C=O) groups excluding carboxylic acids is 2. The van der Waals surface area contributed by atoms with Crippen LogP contribution in [-0.4, -0.2) is 37.2 Å². The van der Waals surface area contributed by atoms with Gasteiger partial charge in [-0.2, -0.15) is 0 Å². The van der Waals surface area contributed by atoms with Crippen LogP contribution in [0.2, 0.25) is 0 Å². The lowest BCUT2D eigenvalue weighted by Crippen LogP contribution is -2.45. The van der Waals surface area contributed by atoms with Crippen molar-refractivity contribution >= 4 is 12.1 Å². The third-order valence-electron chi connectivity index (χ3n) is 4.23. The monoisotopic (exact) mass is 403 g/mol. The Labute approximate surface area is 161 Å². The summed E-state index contributed by atoms with van der Waals surface area (Å²) in [5.41, 5.74) is -1.38. The molecular formula is C19H24F3NO5. The van der Waals surface area contributed by atoms with Gasteiger partial charge >= 0.3 is 18.5 Å². The molecule has 0 bridgehead atoms. The molecular weight excluding hydrogens is 379 g/mol. The summed E-state index contributed by atoms with van der Waals surface area (Å²) in [4.78, 5) is 24.7. The standard InChI is InChI=1S/C19H24F3NO5/c1-17(2,3)28-16(25)26-15(24)18(7-9-23-10-8-18)12-13-5-4-6-14(11-13)27-19(20,21)22/h4-6,11,23H,7-10,12H2,1-3H3. The van der Waals surface area contributed by atoms with Crippen molar-refractivity contribution in [3.63, 3.8) is 0 Å². The van der Waals surface area contributed by atoms with E-state index in [0.29, 0.717) is 31.5 Å². The number of hydrogen-bond donors (Lipinski definition) is 1. The van der Waals surface area contributed by atoms with Gasteiger partial charge in [0.1, 0.15) is 11.4 Å². The Morgan fingerprint density at radius 1 is 1.14 bits per heavy atom. The third kappa shape index (κ3) is 6.70. The first kappa shape index (κ1) is 22.0. The van der Waals surface area contributed by atoms with Gasteiger partial charge < -0.3 is 19.5 Å². The Hall–Kier alpha value is -2.29. The third-order valence-corrected chi connectivity index (χ3v) is 4.23. The molecule has 28 heavy (non-hydrogen) atoms. The predicted molar refractivity (Wildman–Crippen MR) is 93.7 cm³/mol. The molecule has 1 aromatic carbocycles. The molecule has 9 heteroatoms. The zero-order valence-corrected chi connectivity index (χ0v) is 16.0. The molecule has 1 aromatic rings. The first-order valence-electron chi connectivity index (χ1n) is 8.89. The summed E-state index contributed by atoms with van der Waals surface area (Å²) in [5.74, 6) is -1.11. The largest absolute Gasteiger partial charge is 0.573 e. The molecule has 6 nitrogen and oxygen atoms in total. The van der Waals surface area contributed by atoms with Gasteiger partial charge in [0.25, 0.3) is 0 Å². The molecule has 1 N–H and O–H groups in total. The smallest absolute Gasteiger partial charge is 0.428 e. The second-order valence-electron chi connectivity index (χ2n) is 7.76. The second kappa shape index (κ2) is 8.38. The van der Waals surface area contributed by atoms with Gasteiger partial charge in [-0.05, 0) is 70.8 Å². The van der Waals surface area contributed by atoms with Gasteiger partial charge in [0, 0.05) is 0 Å². The summed E-state index contributed by atoms with van der Waals surface area (Å²) < 4.78 is 51.3. The quantitative estimate of drug-likeness (QED) is 0.606. The van der Waals surface area contributed by atoms with Crippen molar-refractivity contribution in [2.45, 2.75) is 52.0 Å². The number of esters is 1. The summed E-state index contributed by atoms with van der Waals surface area (Å²) in [7, 11) is 0. The SMILES string of the molecule is CC(C)(C)OC(=O)OC(=O)C1(Cc2cccc(OC(F)(F)F)c2)CCNCC1. The molecule has 0 saturated carbocycles. The zero-order valence-electron chi connectivity index (χ0n) is 16.0. The minimum Gasteiger partial charge on any atom is -0.428 e. The van der Waals surface area contributed by atoms with Gasteiger partial charge in [0.2, 0.25) is 0 Å². The predicted octanol–water partition coefficient (Wildman–Crippen LogP) is 3.98. The van der Waals surface area contributed by atoms with E-state index in [1.54, 1.807) is 26.8 Å². The van der Waals surface area contributed by atoms with Gasteiger partial charge in [-0.25, -0.2) is 4.79 Å². The lowest BCUT2D eigenvalue weighted by atomic mass is 9.74. The minimum absolute atomic E-state index is 0.116. The van der Waals surface area contributed by atoms with Crippen LogP contribution in [0.4, 0.5) is 18.0 Å². The van der Waals surface area contributed by atoms with Crippen molar-refractivity contribution in [2.75, 3.05) is 13.1 Å². The molecule has 0 unspecified atom stereocenters. The van der Waals surface area contributed by atoms with Gasteiger partial charge in [-0.15, -0.1) is 13.2 Å². The first-order chi connectivity index (χ1) is 12.9. The number of rotatable bonds is 4. The number of benzene rings is 1. The van der Waals surface area contributed by atoms with Crippen LogP contribution in [0.1, 0.15) is 39.2 Å². The number of piperidine rings is 1. The maximum atomic E-state index is 12.8. The van der Waals surface area contributed by atoms with Crippen LogP contribution in [0, 0.1) is 5.41 Å². The van der Waals surface area contributed by atoms with Crippen molar-refractivity contribution in [1.82, 2.24) is 5.32 Å². The van der Waals surface area contributed by atoms with Crippen molar-refractivity contribution in [1.29, 1.82) is 0 Å². The summed E-state index contributed by atoms with van der Waals surface area (Å²) in [5, 5.41) is 3.12. The van der Waals surface area contributed by atoms with Gasteiger partial charge in [0.15, 0.2) is 0 Å². The second-order valence-corrected chi connectivity index (χ2v) is 7.76. The summed E-state index contributed by atoms with van der Waals surface area (Å²) in [6.45, 7) is 5.96. The molecule has 0 radical (unpaired) electrons. The Morgan fingerprint density at radius 2 is 1.79 bits per heavy atom. The van der Waals surface area contributed by atoms with E-state index in [2.05, 4.69) is 10.1 Å². The minimum atomic E-state index is -4.80. The maximum absolute atomic E-state index is 12.8. The number of ether oxygens (including phenoxy) is 3. The van der Waals surface area contributed by atoms with Crippen molar-refractivity contribution in [3.8, 4) is 5.75 Å². The van der Waals surface area contributed by atoms with E-state index in [1.165, 1.54) is 18.2 Å². The van der Waals surface area contributed by atoms with Crippen LogP contribution >= 0.6 is 0 Å². The molecule has 0 atom stereocenters. The van der Waals surface area contributed by atoms with Crippen molar-refractivity contribution in [3.05, 3.63) is 29.8 Å². The Balaban J connectivity index is 2.18. The Morgan fingerprint density at radius 3 is 2.36 bits per heavy atom. The fraction of sp³-hybridized carbons (Fsp3) is 0.579. The highest BCUT2D eigenvalue weighted by Gasteiger charge is 2.43. The molecule has 0 aromatic heterocycles. The molecule has 1 saturated heterocycles. The fourth-order valence-corrected chi connectivity index (χ4v) is 3.06. The lowest BCUT2D eigenvalue weighted by Gasteiger charge is -2.35. The zero-order chi connectivity index (χ0) is 21.0. The normalized spacial score (nSPS) is 16.9. The molecule has 0 amide bonds. The van der Waals surface area contributed by atoms with E-state index in [1.807, 2.05) is 0 Å². The van der Waals surface area contributed by atoms with Gasteiger partial charge in [0.05, 0.1) is 5.41 Å². The average Bonchev–Trinajstić information content (AvgIpc) is 2.52. The molecule has 2 rings (SSSR count). The number of alkyl halides is 3. The van der Waals surface area contributed by atoms with Crippen LogP contribution in [0.15, 0.2) is 24.3 Å². The van der Waals surface area contributed by atoms with E-state index in [4.69, 9.17) is 9.47 Å². The molecule has 1 heterocycles. The summed E-state index contributed by atoms with van der Waals surface area (Å²) >= 11 is 0. The highest BCUT2D eigenvalue weighted by molar-refractivity contribution is 5.86. The molecule has 156 valence electrons. The molecule has 0 spiro atoms. The lowest BCUT2D eigenvalue weighted by molar-refractivity contribution is -0.274. The number of carbonyl (C=O) groups is 2. The summed E-state index contributed by atoms with van der Waals surface area (Å²) in [6, 6.07) is 5.45. The van der Waals surface area contributed by atoms with Crippen LogP contribution in [0.3, 0.4) is 0 Å². The Bertz CT molecular complexity index is 706. The molecule has 1 aliphatic heterocycles. The average molecular weight is 403 g/mol. The summed E-state index contributed by atoms with van der Waals surface area (Å²) in [6.07, 6.45) is -5.03. The van der Waals surface area contributed by atoms with E-state index in [-0.39, 0.29) is 12.2 Å². The van der Waals surface area contributed by atoms with Crippen molar-refractivity contribution < 1.29 is 37.0 Å². The van der Waals surface area contributed by atoms with Crippen LogP contribution in [-0.2, 0) is 20.7 Å². The van der Waals surface area contributed by atoms with E-state index < -0.39 is 29.5 Å².